The quantitative estimate of drug-likeness (QED) is 0.280. The van der Waals surface area contributed by atoms with E-state index in [9.17, 15) is 0 Å². The van der Waals surface area contributed by atoms with E-state index in [4.69, 9.17) is 13.3 Å². The van der Waals surface area contributed by atoms with Gasteiger partial charge in [0.15, 0.2) is 0 Å². The van der Waals surface area contributed by atoms with Crippen LogP contribution in [0.2, 0.25) is 0 Å². The minimum atomic E-state index is -3.11. The van der Waals surface area contributed by atoms with Crippen molar-refractivity contribution in [1.82, 2.24) is 0 Å². The monoisotopic (exact) mass is 382 g/mol. The van der Waals surface area contributed by atoms with Crippen molar-refractivity contribution in [2.24, 2.45) is 0 Å². The largest absolute Gasteiger partial charge is 1.00 e. The van der Waals surface area contributed by atoms with Gasteiger partial charge in [-0.3, -0.25) is 4.21 Å². The molecule has 0 amide bonds. The van der Waals surface area contributed by atoms with Crippen LogP contribution in [0.25, 0.3) is 21.5 Å². The van der Waals surface area contributed by atoms with E-state index in [1.54, 1.807) is 0 Å². The van der Waals surface area contributed by atoms with Gasteiger partial charge in [0.05, 0.1) is 0 Å². The van der Waals surface area contributed by atoms with Crippen LogP contribution in [-0.4, -0.2) is 13.3 Å². The first-order valence-electron chi connectivity index (χ1n) is 7.31. The second-order valence-electron chi connectivity index (χ2n) is 4.90. The molecule has 0 spiro atoms. The average molecular weight is 382 g/mol. The first-order chi connectivity index (χ1) is 11.7. The summed E-state index contributed by atoms with van der Waals surface area (Å²) in [5.41, 5.74) is 0. The third-order valence-corrected chi connectivity index (χ3v) is 3.32. The van der Waals surface area contributed by atoms with Gasteiger partial charge in [0, 0.05) is 0 Å². The van der Waals surface area contributed by atoms with Crippen LogP contribution in [0.4, 0.5) is 0 Å². The summed E-state index contributed by atoms with van der Waals surface area (Å²) in [5.74, 6) is 0. The second-order valence-corrected chi connectivity index (χ2v) is 5.31. The van der Waals surface area contributed by atoms with Crippen molar-refractivity contribution in [3.8, 4) is 0 Å². The minimum Gasteiger partial charge on any atom is -0.784 e. The molecular formula is C20H16Na2O3S. The maximum absolute atomic E-state index is 8.44. The molecule has 4 aromatic rings. The molecule has 6 heteroatoms. The summed E-state index contributed by atoms with van der Waals surface area (Å²) in [6.45, 7) is 0. The van der Waals surface area contributed by atoms with Crippen LogP contribution in [0.15, 0.2) is 97.1 Å². The van der Waals surface area contributed by atoms with Gasteiger partial charge in [-0.2, -0.15) is 0 Å². The fourth-order valence-corrected chi connectivity index (χ4v) is 2.27. The summed E-state index contributed by atoms with van der Waals surface area (Å²) in [4.78, 5) is 0. The maximum atomic E-state index is 8.44. The van der Waals surface area contributed by atoms with Crippen LogP contribution in [0.5, 0.6) is 0 Å². The van der Waals surface area contributed by atoms with E-state index in [1.807, 2.05) is 0 Å². The van der Waals surface area contributed by atoms with Gasteiger partial charge in [0.2, 0.25) is 0 Å². The molecule has 4 aromatic carbocycles. The molecule has 4 rings (SSSR count). The van der Waals surface area contributed by atoms with Crippen LogP contribution in [-0.2, 0) is 11.4 Å². The van der Waals surface area contributed by atoms with E-state index in [1.165, 1.54) is 21.5 Å². The van der Waals surface area contributed by atoms with Crippen LogP contribution in [0.1, 0.15) is 0 Å². The molecule has 0 heterocycles. The summed E-state index contributed by atoms with van der Waals surface area (Å²) in [5, 5.41) is 5.24. The Hall–Kier alpha value is -0.530. The van der Waals surface area contributed by atoms with E-state index in [0.29, 0.717) is 0 Å². The van der Waals surface area contributed by atoms with Crippen molar-refractivity contribution in [3.63, 3.8) is 0 Å². The number of fused-ring (bicyclic) bond motifs is 2. The van der Waals surface area contributed by atoms with Crippen molar-refractivity contribution in [3.05, 3.63) is 97.1 Å². The molecule has 0 aliphatic rings. The average Bonchev–Trinajstić information content (AvgIpc) is 2.62. The van der Waals surface area contributed by atoms with Crippen LogP contribution >= 0.6 is 0 Å². The fourth-order valence-electron chi connectivity index (χ4n) is 2.27. The molecule has 0 saturated heterocycles. The van der Waals surface area contributed by atoms with Gasteiger partial charge < -0.3 is 9.11 Å². The molecule has 0 bridgehead atoms. The Kier molecular flexibility index (Phi) is 14.2. The van der Waals surface area contributed by atoms with Crippen LogP contribution in [0.3, 0.4) is 0 Å². The topological polar surface area (TPSA) is 63.2 Å². The molecule has 0 saturated carbocycles. The number of rotatable bonds is 0. The summed E-state index contributed by atoms with van der Waals surface area (Å²) < 4.78 is 25.3. The van der Waals surface area contributed by atoms with E-state index in [-0.39, 0.29) is 59.1 Å². The molecule has 26 heavy (non-hydrogen) atoms. The minimum absolute atomic E-state index is 0. The summed E-state index contributed by atoms with van der Waals surface area (Å²) in [6.07, 6.45) is 0. The van der Waals surface area contributed by atoms with Crippen LogP contribution < -0.4 is 59.1 Å². The van der Waals surface area contributed by atoms with E-state index < -0.39 is 11.4 Å². The third-order valence-electron chi connectivity index (χ3n) is 3.32. The Morgan fingerprint density at radius 2 is 0.577 bits per heavy atom. The molecule has 0 atom stereocenters. The zero-order valence-electron chi connectivity index (χ0n) is 14.9. The van der Waals surface area contributed by atoms with Gasteiger partial charge in [-0.1, -0.05) is 97.1 Å². The summed E-state index contributed by atoms with van der Waals surface area (Å²) >= 11 is -3.11. The third kappa shape index (κ3) is 9.42. The van der Waals surface area contributed by atoms with Gasteiger partial charge in [-0.25, -0.2) is 0 Å². The molecule has 0 N–H and O–H groups in total. The van der Waals surface area contributed by atoms with Crippen molar-refractivity contribution in [1.29, 1.82) is 0 Å². The number of hydrogen-bond donors (Lipinski definition) is 0. The standard InChI is InChI=1S/2C10H8.2Na.H2O3S/c2*1-2-6-10-8-4-3-7-9(10)5-1;;;1-4(2)3/h2*1-8H;;;(H2,1,2,3)/q;;2*+1;/p-2. The zero-order chi connectivity index (χ0) is 17.2. The van der Waals surface area contributed by atoms with Gasteiger partial charge in [0.25, 0.3) is 0 Å². The molecule has 122 valence electrons. The Morgan fingerprint density at radius 1 is 0.462 bits per heavy atom. The molecule has 0 aliphatic heterocycles. The second kappa shape index (κ2) is 14.5. The number of hydrogen-bond acceptors (Lipinski definition) is 3. The summed E-state index contributed by atoms with van der Waals surface area (Å²) in [7, 11) is 0. The Labute approximate surface area is 200 Å². The van der Waals surface area contributed by atoms with Crippen molar-refractivity contribution >= 4 is 32.9 Å². The van der Waals surface area contributed by atoms with Gasteiger partial charge >= 0.3 is 59.1 Å². The van der Waals surface area contributed by atoms with Crippen molar-refractivity contribution < 1.29 is 72.4 Å². The zero-order valence-corrected chi connectivity index (χ0v) is 19.7. The Morgan fingerprint density at radius 3 is 0.692 bits per heavy atom. The van der Waals surface area contributed by atoms with E-state index in [2.05, 4.69) is 97.1 Å². The molecule has 0 aromatic heterocycles. The first kappa shape index (κ1) is 25.5. The van der Waals surface area contributed by atoms with E-state index >= 15 is 0 Å². The normalized spacial score (nSPS) is 9.04. The molecular weight excluding hydrogens is 366 g/mol. The molecule has 0 fully saturated rings. The predicted molar refractivity (Wildman–Crippen MR) is 97.6 cm³/mol. The SMILES string of the molecule is O=S([O-])[O-].[Na+].[Na+].c1ccc2ccccc2c1.c1ccc2ccccc2c1. The Balaban J connectivity index is 0.000000378. The van der Waals surface area contributed by atoms with Crippen molar-refractivity contribution in [2.45, 2.75) is 0 Å². The molecule has 0 radical (unpaired) electrons. The first-order valence-corrected chi connectivity index (χ1v) is 8.31. The van der Waals surface area contributed by atoms with Gasteiger partial charge in [-0.15, -0.1) is 11.4 Å². The van der Waals surface area contributed by atoms with Gasteiger partial charge in [0.1, 0.15) is 0 Å². The van der Waals surface area contributed by atoms with E-state index in [0.717, 1.165) is 0 Å². The van der Waals surface area contributed by atoms with Gasteiger partial charge in [-0.05, 0) is 21.5 Å². The smallest absolute Gasteiger partial charge is 0.784 e. The molecule has 3 nitrogen and oxygen atoms in total. The predicted octanol–water partition coefficient (Wildman–Crippen LogP) is -1.32. The van der Waals surface area contributed by atoms with Crippen molar-refractivity contribution in [2.75, 3.05) is 0 Å². The summed E-state index contributed by atoms with van der Waals surface area (Å²) in [6, 6.07) is 33.4. The maximum Gasteiger partial charge on any atom is 1.00 e. The van der Waals surface area contributed by atoms with Crippen LogP contribution in [0, 0.1) is 0 Å². The number of benzene rings is 4. The molecule has 0 unspecified atom stereocenters. The fraction of sp³-hybridized carbons (Fsp3) is 0. The molecule has 0 aliphatic carbocycles. The Bertz CT molecular complexity index is 726.